The average Bonchev–Trinajstić information content (AvgIpc) is 3.47. The zero-order valence-electron chi connectivity index (χ0n) is 17.2. The minimum atomic E-state index is -0.245. The van der Waals surface area contributed by atoms with E-state index >= 15 is 0 Å². The van der Waals surface area contributed by atoms with Gasteiger partial charge in [0.05, 0.1) is 6.54 Å². The van der Waals surface area contributed by atoms with Gasteiger partial charge >= 0.3 is 0 Å². The maximum absolute atomic E-state index is 13.7. The SMILES string of the molecule is Cn1ccnc1CN(C(=O)C1CC1c1cccc(F)c1)c1ccc2c(c1)CCCC2. The second-order valence-electron chi connectivity index (χ2n) is 8.54. The molecule has 5 rings (SSSR count). The Morgan fingerprint density at radius 2 is 2.00 bits per heavy atom. The van der Waals surface area contributed by atoms with Gasteiger partial charge in [0, 0.05) is 31.0 Å². The predicted molar refractivity (Wildman–Crippen MR) is 115 cm³/mol. The lowest BCUT2D eigenvalue weighted by Gasteiger charge is -2.25. The maximum atomic E-state index is 13.7. The van der Waals surface area contributed by atoms with E-state index in [0.717, 1.165) is 36.3 Å². The fraction of sp³-hybridized carbons (Fsp3) is 0.360. The van der Waals surface area contributed by atoms with E-state index < -0.39 is 0 Å². The molecule has 3 aromatic rings. The van der Waals surface area contributed by atoms with Gasteiger partial charge in [0.15, 0.2) is 0 Å². The Labute approximate surface area is 176 Å². The molecule has 1 amide bonds. The molecule has 1 saturated carbocycles. The van der Waals surface area contributed by atoms with E-state index in [1.807, 2.05) is 28.8 Å². The highest BCUT2D eigenvalue weighted by molar-refractivity contribution is 5.97. The summed E-state index contributed by atoms with van der Waals surface area (Å²) in [5.41, 5.74) is 4.61. The Morgan fingerprint density at radius 3 is 2.77 bits per heavy atom. The molecule has 2 unspecified atom stereocenters. The zero-order valence-corrected chi connectivity index (χ0v) is 17.2. The third-order valence-electron chi connectivity index (χ3n) is 6.51. The Morgan fingerprint density at radius 1 is 1.17 bits per heavy atom. The number of carbonyl (C=O) groups is 1. The number of rotatable bonds is 5. The summed E-state index contributed by atoms with van der Waals surface area (Å²) in [5, 5.41) is 0. The lowest BCUT2D eigenvalue weighted by Crippen LogP contribution is -2.33. The largest absolute Gasteiger partial charge is 0.337 e. The number of benzene rings is 2. The van der Waals surface area contributed by atoms with Crippen LogP contribution in [0.5, 0.6) is 0 Å². The first-order valence-corrected chi connectivity index (χ1v) is 10.7. The number of carbonyl (C=O) groups excluding carboxylic acids is 1. The van der Waals surface area contributed by atoms with E-state index in [0.29, 0.717) is 6.54 Å². The average molecular weight is 404 g/mol. The van der Waals surface area contributed by atoms with Gasteiger partial charge in [-0.1, -0.05) is 18.2 Å². The summed E-state index contributed by atoms with van der Waals surface area (Å²) in [4.78, 5) is 19.9. The summed E-state index contributed by atoms with van der Waals surface area (Å²) in [5.74, 6) is 0.690. The molecule has 2 aromatic carbocycles. The molecule has 30 heavy (non-hydrogen) atoms. The third-order valence-corrected chi connectivity index (χ3v) is 6.51. The molecule has 5 heteroatoms. The number of amides is 1. The second-order valence-corrected chi connectivity index (χ2v) is 8.54. The highest BCUT2D eigenvalue weighted by Gasteiger charge is 2.46. The van der Waals surface area contributed by atoms with Gasteiger partial charge < -0.3 is 9.47 Å². The molecular weight excluding hydrogens is 377 g/mol. The zero-order chi connectivity index (χ0) is 20.7. The van der Waals surface area contributed by atoms with Crippen LogP contribution >= 0.6 is 0 Å². The number of imidazole rings is 1. The van der Waals surface area contributed by atoms with Crippen molar-refractivity contribution in [3.8, 4) is 0 Å². The molecule has 1 aromatic heterocycles. The van der Waals surface area contributed by atoms with E-state index in [-0.39, 0.29) is 23.6 Å². The number of hydrogen-bond donors (Lipinski definition) is 0. The highest BCUT2D eigenvalue weighted by Crippen LogP contribution is 2.49. The molecule has 2 atom stereocenters. The minimum absolute atomic E-state index is 0.0923. The van der Waals surface area contributed by atoms with Crippen molar-refractivity contribution in [3.63, 3.8) is 0 Å². The summed E-state index contributed by atoms with van der Waals surface area (Å²) in [7, 11) is 1.95. The molecule has 4 nitrogen and oxygen atoms in total. The van der Waals surface area contributed by atoms with Gasteiger partial charge in [-0.25, -0.2) is 9.37 Å². The molecule has 2 aliphatic rings. The second kappa shape index (κ2) is 7.71. The molecule has 0 radical (unpaired) electrons. The van der Waals surface area contributed by atoms with Crippen LogP contribution in [0.1, 0.15) is 47.7 Å². The Kier molecular flexibility index (Phi) is 4.89. The molecule has 154 valence electrons. The molecular formula is C25H26FN3O. The van der Waals surface area contributed by atoms with Crippen molar-refractivity contribution in [3.05, 3.63) is 83.2 Å². The smallest absolute Gasteiger partial charge is 0.231 e. The normalized spacial score (nSPS) is 19.9. The summed E-state index contributed by atoms with van der Waals surface area (Å²) in [6.45, 7) is 0.438. The van der Waals surface area contributed by atoms with Crippen LogP contribution < -0.4 is 4.90 Å². The van der Waals surface area contributed by atoms with Crippen LogP contribution in [0.2, 0.25) is 0 Å². The Balaban J connectivity index is 1.44. The first-order chi connectivity index (χ1) is 14.6. The number of aromatic nitrogens is 2. The Bertz CT molecular complexity index is 1090. The van der Waals surface area contributed by atoms with Crippen molar-refractivity contribution in [1.82, 2.24) is 9.55 Å². The maximum Gasteiger partial charge on any atom is 0.231 e. The Hall–Kier alpha value is -2.95. The van der Waals surface area contributed by atoms with Gasteiger partial charge in [-0.15, -0.1) is 0 Å². The van der Waals surface area contributed by atoms with Crippen LogP contribution in [0.15, 0.2) is 54.9 Å². The molecule has 0 spiro atoms. The van der Waals surface area contributed by atoms with Gasteiger partial charge in [0.25, 0.3) is 0 Å². The summed E-state index contributed by atoms with van der Waals surface area (Å²) < 4.78 is 15.6. The number of hydrogen-bond acceptors (Lipinski definition) is 2. The summed E-state index contributed by atoms with van der Waals surface area (Å²) in [6, 6.07) is 13.1. The van der Waals surface area contributed by atoms with Gasteiger partial charge in [0.1, 0.15) is 11.6 Å². The van der Waals surface area contributed by atoms with Crippen LogP contribution in [0.3, 0.4) is 0 Å². The number of anilines is 1. The summed E-state index contributed by atoms with van der Waals surface area (Å²) in [6.07, 6.45) is 9.06. The first-order valence-electron chi connectivity index (χ1n) is 10.7. The van der Waals surface area contributed by atoms with Crippen LogP contribution in [-0.2, 0) is 31.2 Å². The third kappa shape index (κ3) is 3.64. The summed E-state index contributed by atoms with van der Waals surface area (Å²) >= 11 is 0. The van der Waals surface area contributed by atoms with E-state index in [1.165, 1.54) is 30.0 Å². The van der Waals surface area contributed by atoms with Crippen molar-refractivity contribution < 1.29 is 9.18 Å². The lowest BCUT2D eigenvalue weighted by molar-refractivity contribution is -0.120. The number of halogens is 1. The molecule has 0 aliphatic heterocycles. The van der Waals surface area contributed by atoms with E-state index in [2.05, 4.69) is 23.2 Å². The van der Waals surface area contributed by atoms with Gasteiger partial charge in [0.2, 0.25) is 5.91 Å². The quantitative estimate of drug-likeness (QED) is 0.615. The van der Waals surface area contributed by atoms with Gasteiger partial charge in [-0.3, -0.25) is 4.79 Å². The van der Waals surface area contributed by atoms with E-state index in [4.69, 9.17) is 0 Å². The van der Waals surface area contributed by atoms with Gasteiger partial charge in [-0.2, -0.15) is 0 Å². The molecule has 1 fully saturated rings. The van der Waals surface area contributed by atoms with E-state index in [1.54, 1.807) is 18.3 Å². The van der Waals surface area contributed by atoms with Crippen molar-refractivity contribution in [1.29, 1.82) is 0 Å². The fourth-order valence-corrected chi connectivity index (χ4v) is 4.65. The van der Waals surface area contributed by atoms with Crippen LogP contribution in [0, 0.1) is 11.7 Å². The highest BCUT2D eigenvalue weighted by atomic mass is 19.1. The molecule has 1 heterocycles. The van der Waals surface area contributed by atoms with Crippen LogP contribution in [-0.4, -0.2) is 15.5 Å². The number of fused-ring (bicyclic) bond motifs is 1. The minimum Gasteiger partial charge on any atom is -0.337 e. The van der Waals surface area contributed by atoms with Crippen molar-refractivity contribution >= 4 is 11.6 Å². The molecule has 0 saturated heterocycles. The van der Waals surface area contributed by atoms with Crippen molar-refractivity contribution in [2.45, 2.75) is 44.6 Å². The fourth-order valence-electron chi connectivity index (χ4n) is 4.65. The topological polar surface area (TPSA) is 38.1 Å². The number of aryl methyl sites for hydroxylation is 3. The predicted octanol–water partition coefficient (Wildman–Crippen LogP) is 4.77. The molecule has 2 aliphatic carbocycles. The molecule has 0 N–H and O–H groups in total. The van der Waals surface area contributed by atoms with Crippen LogP contribution in [0.25, 0.3) is 0 Å². The van der Waals surface area contributed by atoms with Crippen molar-refractivity contribution in [2.24, 2.45) is 13.0 Å². The van der Waals surface area contributed by atoms with Crippen LogP contribution in [0.4, 0.5) is 10.1 Å². The van der Waals surface area contributed by atoms with E-state index in [9.17, 15) is 9.18 Å². The monoisotopic (exact) mass is 403 g/mol. The van der Waals surface area contributed by atoms with Gasteiger partial charge in [-0.05, 0) is 79.0 Å². The first kappa shape index (κ1) is 19.0. The van der Waals surface area contributed by atoms with Crippen molar-refractivity contribution in [2.75, 3.05) is 4.90 Å². The lowest BCUT2D eigenvalue weighted by atomic mass is 9.91. The molecule has 0 bridgehead atoms. The standard InChI is InChI=1S/C25H26FN3O/c1-28-12-11-27-24(28)16-29(21-10-9-17-5-2-3-6-18(17)14-21)25(30)23-15-22(23)19-7-4-8-20(26)13-19/h4,7-14,22-23H,2-3,5-6,15-16H2,1H3. The number of nitrogens with zero attached hydrogens (tertiary/aromatic N) is 3.